The predicted octanol–water partition coefficient (Wildman–Crippen LogP) is 3.40. The van der Waals surface area contributed by atoms with Gasteiger partial charge in [0.1, 0.15) is 11.2 Å². The molecule has 2 unspecified atom stereocenters. The summed E-state index contributed by atoms with van der Waals surface area (Å²) in [4.78, 5) is 11.9. The van der Waals surface area contributed by atoms with Crippen molar-refractivity contribution in [2.24, 2.45) is 11.3 Å². The van der Waals surface area contributed by atoms with Gasteiger partial charge in [0.2, 0.25) is 0 Å². The minimum Gasteiger partial charge on any atom is -0.481 e. The SMILES string of the molecule is O=C(O)C1(Cc2cc(F)cc(Br)c2)CCOC1C1CC1. The van der Waals surface area contributed by atoms with E-state index in [0.717, 1.165) is 12.8 Å². The lowest BCUT2D eigenvalue weighted by molar-refractivity contribution is -0.153. The monoisotopic (exact) mass is 342 g/mol. The molecule has 3 rings (SSSR count). The number of ether oxygens (including phenoxy) is 1. The summed E-state index contributed by atoms with van der Waals surface area (Å²) in [6.07, 6.45) is 2.65. The molecule has 5 heteroatoms. The van der Waals surface area contributed by atoms with Crippen molar-refractivity contribution in [3.63, 3.8) is 0 Å². The van der Waals surface area contributed by atoms with Crippen LogP contribution in [-0.4, -0.2) is 23.8 Å². The maximum absolute atomic E-state index is 13.5. The van der Waals surface area contributed by atoms with E-state index in [4.69, 9.17) is 4.74 Å². The molecule has 1 aliphatic carbocycles. The number of carbonyl (C=O) groups is 1. The van der Waals surface area contributed by atoms with E-state index in [9.17, 15) is 14.3 Å². The number of carboxylic acids is 1. The Morgan fingerprint density at radius 2 is 2.20 bits per heavy atom. The minimum absolute atomic E-state index is 0.234. The summed E-state index contributed by atoms with van der Waals surface area (Å²) >= 11 is 3.25. The van der Waals surface area contributed by atoms with Crippen molar-refractivity contribution in [1.29, 1.82) is 0 Å². The molecular formula is C15H16BrFO3. The molecule has 0 spiro atoms. The molecule has 1 aromatic carbocycles. The van der Waals surface area contributed by atoms with Crippen LogP contribution in [0.2, 0.25) is 0 Å². The standard InChI is InChI=1S/C15H16BrFO3/c16-11-5-9(6-12(17)7-11)8-15(14(18)19)3-4-20-13(15)10-1-2-10/h5-7,10,13H,1-4,8H2,(H,18,19). The third-order valence-electron chi connectivity index (χ3n) is 4.31. The highest BCUT2D eigenvalue weighted by Crippen LogP contribution is 2.49. The van der Waals surface area contributed by atoms with Crippen molar-refractivity contribution in [2.75, 3.05) is 6.61 Å². The van der Waals surface area contributed by atoms with Gasteiger partial charge < -0.3 is 9.84 Å². The van der Waals surface area contributed by atoms with Gasteiger partial charge in [-0.05, 0) is 55.4 Å². The molecule has 2 atom stereocenters. The molecule has 108 valence electrons. The van der Waals surface area contributed by atoms with Gasteiger partial charge in [0.05, 0.1) is 6.10 Å². The van der Waals surface area contributed by atoms with Crippen LogP contribution in [0.1, 0.15) is 24.8 Å². The number of rotatable bonds is 4. The van der Waals surface area contributed by atoms with Gasteiger partial charge >= 0.3 is 5.97 Å². The summed E-state index contributed by atoms with van der Waals surface area (Å²) in [7, 11) is 0. The topological polar surface area (TPSA) is 46.5 Å². The Kier molecular flexibility index (Phi) is 3.58. The maximum atomic E-state index is 13.5. The molecule has 1 aliphatic heterocycles. The number of benzene rings is 1. The molecule has 2 aliphatic rings. The Balaban J connectivity index is 1.92. The first-order chi connectivity index (χ1) is 9.51. The van der Waals surface area contributed by atoms with Gasteiger partial charge in [-0.3, -0.25) is 4.79 Å². The molecule has 1 aromatic rings. The van der Waals surface area contributed by atoms with Crippen LogP contribution in [0.4, 0.5) is 4.39 Å². The average Bonchev–Trinajstić information content (AvgIpc) is 3.10. The third-order valence-corrected chi connectivity index (χ3v) is 4.77. The molecule has 1 saturated heterocycles. The Morgan fingerprint density at radius 3 is 2.80 bits per heavy atom. The fraction of sp³-hybridized carbons (Fsp3) is 0.533. The van der Waals surface area contributed by atoms with E-state index in [1.807, 2.05) is 0 Å². The van der Waals surface area contributed by atoms with E-state index in [0.29, 0.717) is 35.4 Å². The van der Waals surface area contributed by atoms with Crippen molar-refractivity contribution < 1.29 is 19.0 Å². The molecule has 1 heterocycles. The van der Waals surface area contributed by atoms with Crippen LogP contribution >= 0.6 is 15.9 Å². The lowest BCUT2D eigenvalue weighted by Crippen LogP contribution is -2.42. The highest BCUT2D eigenvalue weighted by atomic mass is 79.9. The first kappa shape index (κ1) is 14.0. The fourth-order valence-electron chi connectivity index (χ4n) is 3.23. The molecule has 1 saturated carbocycles. The molecule has 0 aromatic heterocycles. The minimum atomic E-state index is -0.908. The number of hydrogen-bond acceptors (Lipinski definition) is 2. The van der Waals surface area contributed by atoms with E-state index < -0.39 is 11.4 Å². The summed E-state index contributed by atoms with van der Waals surface area (Å²) in [6.45, 7) is 0.476. The van der Waals surface area contributed by atoms with Crippen molar-refractivity contribution in [1.82, 2.24) is 0 Å². The molecule has 2 fully saturated rings. The van der Waals surface area contributed by atoms with Crippen molar-refractivity contribution in [3.8, 4) is 0 Å². The van der Waals surface area contributed by atoms with Crippen LogP contribution in [0.5, 0.6) is 0 Å². The molecule has 0 bridgehead atoms. The lowest BCUT2D eigenvalue weighted by atomic mass is 9.74. The maximum Gasteiger partial charge on any atom is 0.312 e. The predicted molar refractivity (Wildman–Crippen MR) is 75.0 cm³/mol. The smallest absolute Gasteiger partial charge is 0.312 e. The highest BCUT2D eigenvalue weighted by molar-refractivity contribution is 9.10. The lowest BCUT2D eigenvalue weighted by Gasteiger charge is -2.30. The zero-order valence-corrected chi connectivity index (χ0v) is 12.5. The summed E-state index contributed by atoms with van der Waals surface area (Å²) in [5.74, 6) is -0.824. The van der Waals surface area contributed by atoms with Crippen LogP contribution in [0.3, 0.4) is 0 Å². The van der Waals surface area contributed by atoms with Crippen molar-refractivity contribution in [3.05, 3.63) is 34.1 Å². The molecule has 3 nitrogen and oxygen atoms in total. The normalized spacial score (nSPS) is 29.6. The van der Waals surface area contributed by atoms with Gasteiger partial charge in [-0.1, -0.05) is 15.9 Å². The second-order valence-electron chi connectivity index (χ2n) is 5.79. The second kappa shape index (κ2) is 5.11. The van der Waals surface area contributed by atoms with Crippen LogP contribution in [-0.2, 0) is 16.0 Å². The summed E-state index contributed by atoms with van der Waals surface area (Å²) in [5.41, 5.74) is -0.204. The van der Waals surface area contributed by atoms with Crippen LogP contribution in [0, 0.1) is 17.2 Å². The van der Waals surface area contributed by atoms with Crippen molar-refractivity contribution in [2.45, 2.75) is 31.8 Å². The first-order valence-corrected chi connectivity index (χ1v) is 7.60. The Morgan fingerprint density at radius 1 is 1.45 bits per heavy atom. The van der Waals surface area contributed by atoms with Crippen molar-refractivity contribution >= 4 is 21.9 Å². The Hall–Kier alpha value is -0.940. The highest BCUT2D eigenvalue weighted by Gasteiger charge is 2.55. The molecule has 20 heavy (non-hydrogen) atoms. The van der Waals surface area contributed by atoms with Gasteiger partial charge in [-0.15, -0.1) is 0 Å². The first-order valence-electron chi connectivity index (χ1n) is 6.81. The Labute approximate surface area is 125 Å². The summed E-state index contributed by atoms with van der Waals surface area (Å²) in [6, 6.07) is 4.58. The summed E-state index contributed by atoms with van der Waals surface area (Å²) < 4.78 is 19.8. The zero-order valence-electron chi connectivity index (χ0n) is 10.9. The van der Waals surface area contributed by atoms with E-state index in [-0.39, 0.29) is 11.9 Å². The third kappa shape index (κ3) is 2.49. The quantitative estimate of drug-likeness (QED) is 0.912. The van der Waals surface area contributed by atoms with E-state index in [1.165, 1.54) is 12.1 Å². The van der Waals surface area contributed by atoms with E-state index in [1.54, 1.807) is 6.07 Å². The molecule has 0 amide bonds. The number of aliphatic carboxylic acids is 1. The fourth-order valence-corrected chi connectivity index (χ4v) is 3.74. The van der Waals surface area contributed by atoms with E-state index >= 15 is 0 Å². The van der Waals surface area contributed by atoms with Gasteiger partial charge in [-0.2, -0.15) is 0 Å². The Bertz CT molecular complexity index is 524. The average molecular weight is 343 g/mol. The van der Waals surface area contributed by atoms with Gasteiger partial charge in [0.25, 0.3) is 0 Å². The molecule has 0 radical (unpaired) electrons. The van der Waals surface area contributed by atoms with E-state index in [2.05, 4.69) is 15.9 Å². The zero-order chi connectivity index (χ0) is 14.3. The summed E-state index contributed by atoms with van der Waals surface area (Å²) in [5, 5.41) is 9.73. The van der Waals surface area contributed by atoms with Gasteiger partial charge in [-0.25, -0.2) is 4.39 Å². The molecule has 1 N–H and O–H groups in total. The van der Waals surface area contributed by atoms with Gasteiger partial charge in [0, 0.05) is 11.1 Å². The van der Waals surface area contributed by atoms with Crippen LogP contribution in [0.15, 0.2) is 22.7 Å². The van der Waals surface area contributed by atoms with Crippen LogP contribution < -0.4 is 0 Å². The largest absolute Gasteiger partial charge is 0.481 e. The van der Waals surface area contributed by atoms with Gasteiger partial charge in [0.15, 0.2) is 0 Å². The second-order valence-corrected chi connectivity index (χ2v) is 6.71. The number of halogens is 2. The number of carboxylic acid groups (broad SMARTS) is 1. The molecular weight excluding hydrogens is 327 g/mol. The van der Waals surface area contributed by atoms with Crippen LogP contribution in [0.25, 0.3) is 0 Å². The number of hydrogen-bond donors (Lipinski definition) is 1.